The maximum absolute atomic E-state index is 9.54. The first-order valence-corrected chi connectivity index (χ1v) is 10.3. The Morgan fingerprint density at radius 1 is 1.04 bits per heavy atom. The zero-order valence-corrected chi connectivity index (χ0v) is 16.8. The van der Waals surface area contributed by atoms with Gasteiger partial charge in [0.05, 0.1) is 19.3 Å². The van der Waals surface area contributed by atoms with Gasteiger partial charge in [0, 0.05) is 19.1 Å². The highest BCUT2D eigenvalue weighted by Crippen LogP contribution is 2.24. The smallest absolute Gasteiger partial charge is 0.149 e. The number of aliphatic hydroxyl groups is 2. The van der Waals surface area contributed by atoms with Crippen LogP contribution in [-0.4, -0.2) is 75.5 Å². The van der Waals surface area contributed by atoms with Gasteiger partial charge >= 0.3 is 0 Å². The fourth-order valence-corrected chi connectivity index (χ4v) is 3.23. The third-order valence-corrected chi connectivity index (χ3v) is 4.68. The van der Waals surface area contributed by atoms with E-state index >= 15 is 0 Å². The number of hydrogen-bond donors (Lipinski definition) is 4. The lowest BCUT2D eigenvalue weighted by atomic mass is 10.0. The number of unbranched alkanes of at least 4 members (excludes halogenated alkanes) is 3. The molecule has 156 valence electrons. The maximum Gasteiger partial charge on any atom is 0.149 e. The molecule has 27 heavy (non-hydrogen) atoms. The lowest BCUT2D eigenvalue weighted by Gasteiger charge is -2.32. The van der Waals surface area contributed by atoms with E-state index in [0.29, 0.717) is 13.1 Å². The van der Waals surface area contributed by atoms with Gasteiger partial charge in [-0.15, -0.1) is 0 Å². The summed E-state index contributed by atoms with van der Waals surface area (Å²) in [5.74, 6) is 0.725. The number of hydrogen-bond acceptors (Lipinski definition) is 8. The van der Waals surface area contributed by atoms with Gasteiger partial charge in [0.15, 0.2) is 0 Å². The molecule has 8 nitrogen and oxygen atoms in total. The first-order valence-electron chi connectivity index (χ1n) is 10.3. The second-order valence-corrected chi connectivity index (χ2v) is 6.94. The summed E-state index contributed by atoms with van der Waals surface area (Å²) in [5.41, 5.74) is 6.40. The van der Waals surface area contributed by atoms with Gasteiger partial charge in [0.2, 0.25) is 0 Å². The van der Waals surface area contributed by atoms with Crippen LogP contribution in [0.4, 0.5) is 0 Å². The monoisotopic (exact) mass is 382 g/mol. The van der Waals surface area contributed by atoms with Crippen molar-refractivity contribution < 1.29 is 10.2 Å². The average Bonchev–Trinajstić information content (AvgIpc) is 2.69. The van der Waals surface area contributed by atoms with E-state index in [1.807, 2.05) is 0 Å². The van der Waals surface area contributed by atoms with Crippen molar-refractivity contribution in [2.75, 3.05) is 39.4 Å². The molecule has 0 bridgehead atoms. The molecule has 8 heteroatoms. The molecule has 5 N–H and O–H groups in total. The molecule has 2 unspecified atom stereocenters. The quantitative estimate of drug-likeness (QED) is 0.293. The zero-order chi connectivity index (χ0) is 19.7. The summed E-state index contributed by atoms with van der Waals surface area (Å²) in [6, 6.07) is 0.0155. The van der Waals surface area contributed by atoms with Crippen LogP contribution in [0.15, 0.2) is 12.7 Å². The summed E-state index contributed by atoms with van der Waals surface area (Å²) in [6.07, 6.45) is 10.3. The molecule has 0 aliphatic carbocycles. The van der Waals surface area contributed by atoms with Gasteiger partial charge in [-0.3, -0.25) is 4.90 Å². The summed E-state index contributed by atoms with van der Waals surface area (Å²) in [4.78, 5) is 14.9. The van der Waals surface area contributed by atoms with Crippen molar-refractivity contribution in [3.8, 4) is 0 Å². The predicted octanol–water partition coefficient (Wildman–Crippen LogP) is 0.867. The molecule has 0 aromatic carbocycles. The number of aliphatic hydroxyl groups excluding tert-OH is 2. The summed E-state index contributed by atoms with van der Waals surface area (Å²) in [7, 11) is 0. The first-order chi connectivity index (χ1) is 13.2. The Kier molecular flexibility index (Phi) is 14.0. The largest absolute Gasteiger partial charge is 0.395 e. The van der Waals surface area contributed by atoms with Gasteiger partial charge in [-0.1, -0.05) is 26.2 Å². The second-order valence-electron chi connectivity index (χ2n) is 6.94. The van der Waals surface area contributed by atoms with Crippen molar-refractivity contribution in [3.63, 3.8) is 0 Å². The van der Waals surface area contributed by atoms with Crippen LogP contribution in [0, 0.1) is 0 Å². The van der Waals surface area contributed by atoms with Crippen molar-refractivity contribution in [1.29, 1.82) is 0 Å². The van der Waals surface area contributed by atoms with E-state index in [9.17, 15) is 5.11 Å². The minimum absolute atomic E-state index is 0.0119. The Labute approximate surface area is 163 Å². The standard InChI is InChI=1S/C19H38N6O2/c1-2-3-4-5-10-25(11-13-27)18(19-23-15-22-16-24-19)14-17(20)7-6-8-21-9-12-26/h15-18,21,26-27H,2-14,20H2,1H3. The molecule has 0 aliphatic heterocycles. The molecule has 1 aromatic rings. The number of nitrogens with zero attached hydrogens (tertiary/aromatic N) is 4. The van der Waals surface area contributed by atoms with Crippen molar-refractivity contribution >= 4 is 0 Å². The lowest BCUT2D eigenvalue weighted by molar-refractivity contribution is 0.130. The van der Waals surface area contributed by atoms with Crippen LogP contribution in [0.25, 0.3) is 0 Å². The molecule has 0 saturated heterocycles. The molecular weight excluding hydrogens is 344 g/mol. The van der Waals surface area contributed by atoms with Crippen molar-refractivity contribution in [2.45, 2.75) is 64.0 Å². The molecule has 1 rings (SSSR count). The Morgan fingerprint density at radius 2 is 1.81 bits per heavy atom. The van der Waals surface area contributed by atoms with Crippen molar-refractivity contribution in [3.05, 3.63) is 18.5 Å². The van der Waals surface area contributed by atoms with E-state index in [1.54, 1.807) is 0 Å². The van der Waals surface area contributed by atoms with Crippen LogP contribution in [0.5, 0.6) is 0 Å². The minimum atomic E-state index is -0.0119. The van der Waals surface area contributed by atoms with Gasteiger partial charge in [0.25, 0.3) is 0 Å². The third kappa shape index (κ3) is 10.7. The van der Waals surface area contributed by atoms with E-state index < -0.39 is 0 Å². The highest BCUT2D eigenvalue weighted by molar-refractivity contribution is 4.95. The molecule has 0 spiro atoms. The highest BCUT2D eigenvalue weighted by Gasteiger charge is 2.24. The lowest BCUT2D eigenvalue weighted by Crippen LogP contribution is -2.37. The molecule has 1 heterocycles. The van der Waals surface area contributed by atoms with Crippen LogP contribution in [0.3, 0.4) is 0 Å². The van der Waals surface area contributed by atoms with Gasteiger partial charge < -0.3 is 21.3 Å². The van der Waals surface area contributed by atoms with Crippen LogP contribution < -0.4 is 11.1 Å². The first kappa shape index (κ1) is 23.8. The fraction of sp³-hybridized carbons (Fsp3) is 0.842. The molecule has 0 fully saturated rings. The van der Waals surface area contributed by atoms with E-state index in [4.69, 9.17) is 10.8 Å². The summed E-state index contributed by atoms with van der Waals surface area (Å²) < 4.78 is 0. The number of aromatic nitrogens is 3. The SMILES string of the molecule is CCCCCCN(CCO)C(CC(N)CCCNCCO)c1ncncn1. The van der Waals surface area contributed by atoms with Crippen LogP contribution in [0.1, 0.15) is 63.7 Å². The molecular formula is C19H38N6O2. The molecule has 0 radical (unpaired) electrons. The third-order valence-electron chi connectivity index (χ3n) is 4.68. The number of rotatable bonds is 17. The van der Waals surface area contributed by atoms with Gasteiger partial charge in [-0.2, -0.15) is 0 Å². The van der Waals surface area contributed by atoms with Crippen LogP contribution in [0.2, 0.25) is 0 Å². The van der Waals surface area contributed by atoms with Crippen molar-refractivity contribution in [1.82, 2.24) is 25.2 Å². The molecule has 0 amide bonds. The summed E-state index contributed by atoms with van der Waals surface area (Å²) in [5, 5.41) is 21.5. The molecule has 2 atom stereocenters. The summed E-state index contributed by atoms with van der Waals surface area (Å²) in [6.45, 7) is 5.42. The predicted molar refractivity (Wildman–Crippen MR) is 107 cm³/mol. The fourth-order valence-electron chi connectivity index (χ4n) is 3.23. The van der Waals surface area contributed by atoms with Gasteiger partial charge in [-0.05, 0) is 38.8 Å². The molecule has 0 saturated carbocycles. The van der Waals surface area contributed by atoms with E-state index in [-0.39, 0.29) is 25.3 Å². The van der Waals surface area contributed by atoms with E-state index in [2.05, 4.69) is 32.1 Å². The summed E-state index contributed by atoms with van der Waals surface area (Å²) >= 11 is 0. The van der Waals surface area contributed by atoms with Crippen LogP contribution in [-0.2, 0) is 0 Å². The maximum atomic E-state index is 9.54. The normalized spacial score (nSPS) is 13.8. The zero-order valence-electron chi connectivity index (χ0n) is 16.8. The van der Waals surface area contributed by atoms with E-state index in [1.165, 1.54) is 31.9 Å². The Morgan fingerprint density at radius 3 is 2.48 bits per heavy atom. The number of nitrogens with one attached hydrogen (secondary N) is 1. The Balaban J connectivity index is 2.67. The average molecular weight is 383 g/mol. The van der Waals surface area contributed by atoms with Crippen LogP contribution >= 0.6 is 0 Å². The second kappa shape index (κ2) is 15.8. The molecule has 0 aliphatic rings. The Hall–Kier alpha value is -1.19. The number of nitrogens with two attached hydrogens (primary N) is 1. The Bertz CT molecular complexity index is 451. The van der Waals surface area contributed by atoms with Crippen molar-refractivity contribution in [2.24, 2.45) is 5.73 Å². The van der Waals surface area contributed by atoms with Gasteiger partial charge in [-0.25, -0.2) is 15.0 Å². The topological polar surface area (TPSA) is 120 Å². The minimum Gasteiger partial charge on any atom is -0.395 e. The van der Waals surface area contributed by atoms with Gasteiger partial charge in [0.1, 0.15) is 18.5 Å². The molecule has 1 aromatic heterocycles. The highest BCUT2D eigenvalue weighted by atomic mass is 16.3. The van der Waals surface area contributed by atoms with E-state index in [0.717, 1.165) is 44.6 Å².